The maximum absolute atomic E-state index is 2.45. The van der Waals surface area contributed by atoms with Crippen LogP contribution in [-0.2, 0) is 7.05 Å². The first-order valence-electron chi connectivity index (χ1n) is 17.9. The summed E-state index contributed by atoms with van der Waals surface area (Å²) in [5, 5.41) is 7.63. The molecule has 0 spiro atoms. The van der Waals surface area contributed by atoms with Gasteiger partial charge in [0.05, 0.1) is 27.6 Å². The van der Waals surface area contributed by atoms with E-state index in [1.807, 2.05) is 0 Å². The van der Waals surface area contributed by atoms with E-state index in [4.69, 9.17) is 0 Å². The molecule has 244 valence electrons. The number of fused-ring (bicyclic) bond motifs is 10. The number of nitrogens with zero attached hydrogens (tertiary/aromatic N) is 3. The molecule has 0 bridgehead atoms. The third-order valence-electron chi connectivity index (χ3n) is 11.0. The molecule has 0 saturated carbocycles. The van der Waals surface area contributed by atoms with Gasteiger partial charge >= 0.3 is 0 Å². The van der Waals surface area contributed by atoms with E-state index in [2.05, 4.69) is 203 Å². The molecule has 0 aliphatic heterocycles. The Hall–Kier alpha value is -6.84. The average Bonchev–Trinajstić information content (AvgIpc) is 3.83. The Balaban J connectivity index is 1.11. The second-order valence-corrected chi connectivity index (χ2v) is 13.8. The first kappa shape index (κ1) is 28.9. The number of para-hydroxylation sites is 3. The first-order valence-corrected chi connectivity index (χ1v) is 17.9. The summed E-state index contributed by atoms with van der Waals surface area (Å²) in [5.74, 6) is 0. The van der Waals surface area contributed by atoms with Crippen molar-refractivity contribution in [2.75, 3.05) is 0 Å². The monoisotopic (exact) mass is 663 g/mol. The van der Waals surface area contributed by atoms with Gasteiger partial charge in [-0.1, -0.05) is 121 Å². The maximum Gasteiger partial charge on any atom is 0.0590 e. The van der Waals surface area contributed by atoms with Gasteiger partial charge in [-0.3, -0.25) is 0 Å². The first-order chi connectivity index (χ1) is 25.7. The van der Waals surface area contributed by atoms with E-state index < -0.39 is 0 Å². The van der Waals surface area contributed by atoms with Crippen LogP contribution in [0, 0.1) is 0 Å². The standard InChI is InChI=1S/C49H33N3/c1-50-43-22-8-5-19-38(43)40-26-28-47-48(49(40)50)41-21-7-10-24-45(41)52(47)37-25-27-46-42(31-37)39-20-6-9-23-44(39)51(46)36-18-12-17-35(30-36)34-16-11-15-33(29-34)32-13-3-2-4-14-32/h2-31H,1H3. The Bertz CT molecular complexity index is 3190. The smallest absolute Gasteiger partial charge is 0.0590 e. The summed E-state index contributed by atoms with van der Waals surface area (Å²) >= 11 is 0. The van der Waals surface area contributed by atoms with Crippen LogP contribution in [-0.4, -0.2) is 13.7 Å². The summed E-state index contributed by atoms with van der Waals surface area (Å²) in [7, 11) is 2.20. The maximum atomic E-state index is 2.45. The van der Waals surface area contributed by atoms with Crippen LogP contribution in [0.15, 0.2) is 182 Å². The zero-order valence-electron chi connectivity index (χ0n) is 28.7. The van der Waals surface area contributed by atoms with E-state index in [9.17, 15) is 0 Å². The molecule has 52 heavy (non-hydrogen) atoms. The van der Waals surface area contributed by atoms with Crippen LogP contribution in [0.3, 0.4) is 0 Å². The molecule has 3 nitrogen and oxygen atoms in total. The number of aromatic nitrogens is 3. The molecule has 8 aromatic carbocycles. The largest absolute Gasteiger partial charge is 0.343 e. The van der Waals surface area contributed by atoms with Crippen molar-refractivity contribution >= 4 is 65.4 Å². The molecule has 0 radical (unpaired) electrons. The van der Waals surface area contributed by atoms with Gasteiger partial charge in [0.15, 0.2) is 0 Å². The minimum atomic E-state index is 1.15. The summed E-state index contributed by atoms with van der Waals surface area (Å²) in [6.07, 6.45) is 0. The molecule has 3 heterocycles. The molecule has 0 fully saturated rings. The lowest BCUT2D eigenvalue weighted by Crippen LogP contribution is -1.96. The topological polar surface area (TPSA) is 14.8 Å². The summed E-state index contributed by atoms with van der Waals surface area (Å²) in [6.45, 7) is 0. The lowest BCUT2D eigenvalue weighted by molar-refractivity contribution is 1.02. The molecule has 3 heteroatoms. The molecule has 0 atom stereocenters. The molecular weight excluding hydrogens is 631 g/mol. The molecule has 0 saturated heterocycles. The molecule has 0 aliphatic carbocycles. The van der Waals surface area contributed by atoms with Crippen molar-refractivity contribution in [3.63, 3.8) is 0 Å². The zero-order valence-corrected chi connectivity index (χ0v) is 28.7. The van der Waals surface area contributed by atoms with Crippen LogP contribution in [0.5, 0.6) is 0 Å². The predicted octanol–water partition coefficient (Wildman–Crippen LogP) is 12.9. The van der Waals surface area contributed by atoms with Gasteiger partial charge in [-0.25, -0.2) is 0 Å². The Labute approximate surface area is 300 Å². The van der Waals surface area contributed by atoms with Gasteiger partial charge in [-0.05, 0) is 82.9 Å². The van der Waals surface area contributed by atoms with E-state index in [0.717, 1.165) is 11.4 Å². The summed E-state index contributed by atoms with van der Waals surface area (Å²) in [6, 6.07) is 66.4. The summed E-state index contributed by atoms with van der Waals surface area (Å²) in [4.78, 5) is 0. The van der Waals surface area contributed by atoms with Gasteiger partial charge < -0.3 is 13.7 Å². The van der Waals surface area contributed by atoms with E-state index in [0.29, 0.717) is 0 Å². The van der Waals surface area contributed by atoms with Crippen molar-refractivity contribution in [2.45, 2.75) is 0 Å². The third kappa shape index (κ3) is 4.14. The molecule has 0 N–H and O–H groups in total. The Morgan fingerprint density at radius 1 is 0.308 bits per heavy atom. The average molecular weight is 664 g/mol. The Morgan fingerprint density at radius 3 is 1.62 bits per heavy atom. The molecule has 3 aromatic heterocycles. The quantitative estimate of drug-likeness (QED) is 0.178. The minimum Gasteiger partial charge on any atom is -0.343 e. The van der Waals surface area contributed by atoms with E-state index in [-0.39, 0.29) is 0 Å². The highest BCUT2D eigenvalue weighted by atomic mass is 15.0. The number of benzene rings is 8. The van der Waals surface area contributed by atoms with Crippen molar-refractivity contribution in [2.24, 2.45) is 7.05 Å². The fourth-order valence-corrected chi connectivity index (χ4v) is 8.71. The van der Waals surface area contributed by atoms with Crippen LogP contribution < -0.4 is 0 Å². The summed E-state index contributed by atoms with van der Waals surface area (Å²) in [5.41, 5.74) is 14.5. The van der Waals surface area contributed by atoms with Crippen molar-refractivity contribution in [1.82, 2.24) is 13.7 Å². The van der Waals surface area contributed by atoms with Crippen molar-refractivity contribution in [3.05, 3.63) is 182 Å². The fourth-order valence-electron chi connectivity index (χ4n) is 8.71. The van der Waals surface area contributed by atoms with Crippen LogP contribution >= 0.6 is 0 Å². The van der Waals surface area contributed by atoms with Gasteiger partial charge in [0.2, 0.25) is 0 Å². The van der Waals surface area contributed by atoms with E-state index >= 15 is 0 Å². The minimum absolute atomic E-state index is 1.15. The lowest BCUT2D eigenvalue weighted by atomic mass is 9.99. The number of aryl methyl sites for hydroxylation is 1. The highest BCUT2D eigenvalue weighted by Gasteiger charge is 2.20. The molecule has 11 rings (SSSR count). The predicted molar refractivity (Wildman–Crippen MR) is 220 cm³/mol. The number of hydrogen-bond donors (Lipinski definition) is 0. The molecule has 0 unspecified atom stereocenters. The molecule has 0 amide bonds. The van der Waals surface area contributed by atoms with Crippen molar-refractivity contribution in [1.29, 1.82) is 0 Å². The van der Waals surface area contributed by atoms with Crippen LogP contribution in [0.1, 0.15) is 0 Å². The van der Waals surface area contributed by atoms with Crippen LogP contribution in [0.4, 0.5) is 0 Å². The van der Waals surface area contributed by atoms with E-state index in [1.165, 1.54) is 87.7 Å². The summed E-state index contributed by atoms with van der Waals surface area (Å²) < 4.78 is 7.24. The van der Waals surface area contributed by atoms with Crippen molar-refractivity contribution < 1.29 is 0 Å². The number of rotatable bonds is 4. The van der Waals surface area contributed by atoms with Gasteiger partial charge in [0, 0.05) is 56.3 Å². The second kappa shape index (κ2) is 11.1. The lowest BCUT2D eigenvalue weighted by Gasteiger charge is -2.12. The van der Waals surface area contributed by atoms with Gasteiger partial charge in [-0.2, -0.15) is 0 Å². The second-order valence-electron chi connectivity index (χ2n) is 13.8. The molecule has 0 aliphatic rings. The number of hydrogen-bond acceptors (Lipinski definition) is 0. The van der Waals surface area contributed by atoms with Crippen molar-refractivity contribution in [3.8, 4) is 33.6 Å². The van der Waals surface area contributed by atoms with Crippen LogP contribution in [0.25, 0.3) is 99.0 Å². The van der Waals surface area contributed by atoms with Crippen LogP contribution in [0.2, 0.25) is 0 Å². The molecule has 11 aromatic rings. The molecular formula is C49H33N3. The van der Waals surface area contributed by atoms with Gasteiger partial charge in [0.1, 0.15) is 0 Å². The normalized spacial score (nSPS) is 11.9. The third-order valence-corrected chi connectivity index (χ3v) is 11.0. The fraction of sp³-hybridized carbons (Fsp3) is 0.0204. The highest BCUT2D eigenvalue weighted by Crippen LogP contribution is 2.41. The van der Waals surface area contributed by atoms with E-state index in [1.54, 1.807) is 0 Å². The Kier molecular flexibility index (Phi) is 6.17. The SMILES string of the molecule is Cn1c2ccccc2c2ccc3c(c4ccccc4n3-c3ccc4c(c3)c3ccccc3n4-c3cccc(-c4cccc(-c5ccccc5)c4)c3)c21. The highest BCUT2D eigenvalue weighted by molar-refractivity contribution is 6.25. The van der Waals surface area contributed by atoms with Gasteiger partial charge in [0.25, 0.3) is 0 Å². The Morgan fingerprint density at radius 2 is 0.827 bits per heavy atom. The van der Waals surface area contributed by atoms with Gasteiger partial charge in [-0.15, -0.1) is 0 Å². The zero-order chi connectivity index (χ0) is 34.3.